The SMILES string of the molecule is CCN1CCN(c2nc(-c3cccc(OCCO)c3)cc3ccsc23)CC1. The van der Waals surface area contributed by atoms with Crippen molar-refractivity contribution in [3.8, 4) is 17.0 Å². The van der Waals surface area contributed by atoms with Gasteiger partial charge < -0.3 is 19.6 Å². The molecule has 2 aromatic heterocycles. The summed E-state index contributed by atoms with van der Waals surface area (Å²) in [6, 6.07) is 12.3. The maximum atomic E-state index is 8.98. The minimum atomic E-state index is 0.0111. The molecule has 0 unspecified atom stereocenters. The number of benzene rings is 1. The monoisotopic (exact) mass is 383 g/mol. The lowest BCUT2D eigenvalue weighted by Crippen LogP contribution is -2.46. The van der Waals surface area contributed by atoms with Crippen LogP contribution < -0.4 is 9.64 Å². The van der Waals surface area contributed by atoms with Crippen molar-refractivity contribution in [1.29, 1.82) is 0 Å². The number of hydrogen-bond donors (Lipinski definition) is 1. The Morgan fingerprint density at radius 3 is 2.78 bits per heavy atom. The van der Waals surface area contributed by atoms with Crippen LogP contribution in [0.2, 0.25) is 0 Å². The topological polar surface area (TPSA) is 48.8 Å². The molecule has 1 aromatic carbocycles. The zero-order chi connectivity index (χ0) is 18.6. The van der Waals surface area contributed by atoms with Crippen LogP contribution in [0, 0.1) is 0 Å². The van der Waals surface area contributed by atoms with Crippen molar-refractivity contribution < 1.29 is 9.84 Å². The van der Waals surface area contributed by atoms with E-state index < -0.39 is 0 Å². The number of ether oxygens (including phenoxy) is 1. The van der Waals surface area contributed by atoms with Crippen LogP contribution in [0.1, 0.15) is 6.92 Å². The fraction of sp³-hybridized carbons (Fsp3) is 0.381. The van der Waals surface area contributed by atoms with Crippen molar-refractivity contribution in [2.75, 3.05) is 50.8 Å². The highest BCUT2D eigenvalue weighted by atomic mass is 32.1. The summed E-state index contributed by atoms with van der Waals surface area (Å²) in [5.74, 6) is 1.85. The van der Waals surface area contributed by atoms with E-state index in [0.717, 1.165) is 55.5 Å². The van der Waals surface area contributed by atoms with Crippen molar-refractivity contribution >= 4 is 27.2 Å². The van der Waals surface area contributed by atoms with Gasteiger partial charge in [-0.25, -0.2) is 4.98 Å². The zero-order valence-electron chi connectivity index (χ0n) is 15.6. The predicted octanol–water partition coefficient (Wildman–Crippen LogP) is 3.48. The summed E-state index contributed by atoms with van der Waals surface area (Å²) in [7, 11) is 0. The van der Waals surface area contributed by atoms with Crippen molar-refractivity contribution in [3.05, 3.63) is 41.8 Å². The minimum Gasteiger partial charge on any atom is -0.491 e. The summed E-state index contributed by atoms with van der Waals surface area (Å²) in [5, 5.41) is 12.4. The van der Waals surface area contributed by atoms with Crippen LogP contribution in [0.4, 0.5) is 5.82 Å². The summed E-state index contributed by atoms with van der Waals surface area (Å²) in [6.07, 6.45) is 0. The van der Waals surface area contributed by atoms with E-state index in [1.54, 1.807) is 11.3 Å². The molecule has 1 N–H and O–H groups in total. The first-order valence-electron chi connectivity index (χ1n) is 9.48. The van der Waals surface area contributed by atoms with E-state index in [1.165, 1.54) is 10.1 Å². The number of aliphatic hydroxyl groups excluding tert-OH is 1. The number of anilines is 1. The Balaban J connectivity index is 1.69. The molecule has 0 radical (unpaired) electrons. The first-order valence-corrected chi connectivity index (χ1v) is 10.4. The van der Waals surface area contributed by atoms with E-state index in [9.17, 15) is 0 Å². The van der Waals surface area contributed by atoms with Gasteiger partial charge in [0.1, 0.15) is 18.2 Å². The number of aromatic nitrogens is 1. The fourth-order valence-corrected chi connectivity index (χ4v) is 4.40. The molecule has 6 heteroatoms. The number of pyridine rings is 1. The lowest BCUT2D eigenvalue weighted by atomic mass is 10.1. The second-order valence-electron chi connectivity index (χ2n) is 6.69. The van der Waals surface area contributed by atoms with Gasteiger partial charge in [0.05, 0.1) is 17.0 Å². The van der Waals surface area contributed by atoms with E-state index in [1.807, 2.05) is 18.2 Å². The number of nitrogens with zero attached hydrogens (tertiary/aromatic N) is 3. The van der Waals surface area contributed by atoms with Gasteiger partial charge in [-0.05, 0) is 41.6 Å². The Morgan fingerprint density at radius 1 is 1.15 bits per heavy atom. The van der Waals surface area contributed by atoms with Crippen LogP contribution in [0.5, 0.6) is 5.75 Å². The van der Waals surface area contributed by atoms with Gasteiger partial charge in [-0.2, -0.15) is 0 Å². The van der Waals surface area contributed by atoms with Crippen molar-refractivity contribution in [2.24, 2.45) is 0 Å². The summed E-state index contributed by atoms with van der Waals surface area (Å²) in [6.45, 7) is 7.83. The van der Waals surface area contributed by atoms with E-state index >= 15 is 0 Å². The number of likely N-dealkylation sites (N-methyl/N-ethyl adjacent to an activating group) is 1. The fourth-order valence-electron chi connectivity index (χ4n) is 3.51. The average Bonchev–Trinajstić information content (AvgIpc) is 3.20. The Morgan fingerprint density at radius 2 is 2.00 bits per heavy atom. The van der Waals surface area contributed by atoms with Crippen LogP contribution in [-0.2, 0) is 0 Å². The minimum absolute atomic E-state index is 0.0111. The Kier molecular flexibility index (Phi) is 5.57. The van der Waals surface area contributed by atoms with Gasteiger partial charge in [0, 0.05) is 31.7 Å². The molecule has 1 aliphatic heterocycles. The van der Waals surface area contributed by atoms with Gasteiger partial charge in [0.15, 0.2) is 0 Å². The molecule has 0 spiro atoms. The highest BCUT2D eigenvalue weighted by molar-refractivity contribution is 7.17. The van der Waals surface area contributed by atoms with E-state index in [-0.39, 0.29) is 6.61 Å². The summed E-state index contributed by atoms with van der Waals surface area (Å²) >= 11 is 1.76. The molecule has 0 atom stereocenters. The maximum absolute atomic E-state index is 8.98. The highest BCUT2D eigenvalue weighted by Crippen LogP contribution is 2.34. The third kappa shape index (κ3) is 3.93. The largest absolute Gasteiger partial charge is 0.491 e. The number of piperazine rings is 1. The Bertz CT molecular complexity index is 903. The van der Waals surface area contributed by atoms with E-state index in [0.29, 0.717) is 6.61 Å². The molecule has 3 aromatic rings. The maximum Gasteiger partial charge on any atom is 0.147 e. The van der Waals surface area contributed by atoms with Crippen molar-refractivity contribution in [1.82, 2.24) is 9.88 Å². The van der Waals surface area contributed by atoms with Gasteiger partial charge in [-0.1, -0.05) is 19.1 Å². The number of thiophene rings is 1. The Labute approximate surface area is 163 Å². The molecule has 0 amide bonds. The molecule has 1 saturated heterocycles. The molecular weight excluding hydrogens is 358 g/mol. The molecule has 142 valence electrons. The van der Waals surface area contributed by atoms with E-state index in [4.69, 9.17) is 14.8 Å². The van der Waals surface area contributed by atoms with Crippen molar-refractivity contribution in [3.63, 3.8) is 0 Å². The van der Waals surface area contributed by atoms with Crippen LogP contribution in [0.15, 0.2) is 41.8 Å². The lowest BCUT2D eigenvalue weighted by molar-refractivity contribution is 0.201. The molecule has 5 nitrogen and oxygen atoms in total. The average molecular weight is 384 g/mol. The van der Waals surface area contributed by atoms with Crippen LogP contribution in [0.25, 0.3) is 21.3 Å². The molecule has 0 aliphatic carbocycles. The lowest BCUT2D eigenvalue weighted by Gasteiger charge is -2.35. The first-order chi connectivity index (χ1) is 13.3. The summed E-state index contributed by atoms with van der Waals surface area (Å²) in [5.41, 5.74) is 2.00. The second kappa shape index (κ2) is 8.25. The number of rotatable bonds is 6. The first kappa shape index (κ1) is 18.2. The number of aliphatic hydroxyl groups is 1. The van der Waals surface area contributed by atoms with Gasteiger partial charge >= 0.3 is 0 Å². The highest BCUT2D eigenvalue weighted by Gasteiger charge is 2.20. The zero-order valence-corrected chi connectivity index (χ0v) is 16.4. The molecular formula is C21H25N3O2S. The molecule has 0 saturated carbocycles. The van der Waals surface area contributed by atoms with Crippen LogP contribution >= 0.6 is 11.3 Å². The Hall–Kier alpha value is -2.15. The molecule has 3 heterocycles. The third-order valence-electron chi connectivity index (χ3n) is 5.03. The molecule has 4 rings (SSSR count). The van der Waals surface area contributed by atoms with Gasteiger partial charge in [-0.15, -0.1) is 11.3 Å². The molecule has 27 heavy (non-hydrogen) atoms. The van der Waals surface area contributed by atoms with Gasteiger partial charge in [0.2, 0.25) is 0 Å². The smallest absolute Gasteiger partial charge is 0.147 e. The quantitative estimate of drug-likeness (QED) is 0.706. The number of hydrogen-bond acceptors (Lipinski definition) is 6. The molecule has 0 bridgehead atoms. The number of fused-ring (bicyclic) bond motifs is 1. The summed E-state index contributed by atoms with van der Waals surface area (Å²) in [4.78, 5) is 9.95. The molecule has 1 aliphatic rings. The van der Waals surface area contributed by atoms with Crippen LogP contribution in [0.3, 0.4) is 0 Å². The normalized spacial score (nSPS) is 15.4. The summed E-state index contributed by atoms with van der Waals surface area (Å²) < 4.78 is 6.83. The van der Waals surface area contributed by atoms with Crippen LogP contribution in [-0.4, -0.2) is 60.9 Å². The van der Waals surface area contributed by atoms with E-state index in [2.05, 4.69) is 40.3 Å². The van der Waals surface area contributed by atoms with Gasteiger partial charge in [0.25, 0.3) is 0 Å². The van der Waals surface area contributed by atoms with Crippen molar-refractivity contribution in [2.45, 2.75) is 6.92 Å². The second-order valence-corrected chi connectivity index (χ2v) is 7.61. The third-order valence-corrected chi connectivity index (χ3v) is 5.95. The van der Waals surface area contributed by atoms with Gasteiger partial charge in [-0.3, -0.25) is 0 Å². The standard InChI is InChI=1S/C21H25N3O2S/c1-2-23-7-9-24(10-8-23)21-20-17(6-13-27-20)15-19(22-21)16-4-3-5-18(14-16)26-12-11-25/h3-6,13-15,25H,2,7-12H2,1H3. The predicted molar refractivity (Wildman–Crippen MR) is 112 cm³/mol. The molecule has 1 fully saturated rings.